The van der Waals surface area contributed by atoms with Crippen LogP contribution in [-0.4, -0.2) is 24.5 Å². The Morgan fingerprint density at radius 3 is 2.13 bits per heavy atom. The van der Waals surface area contributed by atoms with Crippen LogP contribution in [0.2, 0.25) is 0 Å². The predicted molar refractivity (Wildman–Crippen MR) is 219 cm³/mol. The first-order chi connectivity index (χ1) is 26.0. The first kappa shape index (κ1) is 30.2. The summed E-state index contributed by atoms with van der Waals surface area (Å²) in [6.07, 6.45) is 1.88. The van der Waals surface area contributed by atoms with E-state index in [9.17, 15) is 0 Å². The monoisotopic (exact) mass is 697 g/mol. The van der Waals surface area contributed by atoms with E-state index in [0.717, 1.165) is 38.9 Å². The highest BCUT2D eigenvalue weighted by atomic mass is 32.1. The van der Waals surface area contributed by atoms with Crippen LogP contribution in [0.15, 0.2) is 152 Å². The summed E-state index contributed by atoms with van der Waals surface area (Å²) in [7, 11) is 0. The fourth-order valence-electron chi connectivity index (χ4n) is 8.38. The molecule has 250 valence electrons. The highest BCUT2D eigenvalue weighted by molar-refractivity contribution is 7.25. The third-order valence-electron chi connectivity index (χ3n) is 10.9. The van der Waals surface area contributed by atoms with Crippen LogP contribution in [0.5, 0.6) is 0 Å². The molecule has 4 aromatic heterocycles. The number of rotatable bonds is 4. The van der Waals surface area contributed by atoms with Crippen LogP contribution in [0.4, 0.5) is 0 Å². The first-order valence-electron chi connectivity index (χ1n) is 17.9. The highest BCUT2D eigenvalue weighted by Crippen LogP contribution is 2.50. The normalized spacial score (nSPS) is 13.2. The van der Waals surface area contributed by atoms with Crippen LogP contribution in [0, 0.1) is 0 Å². The van der Waals surface area contributed by atoms with Gasteiger partial charge in [0.2, 0.25) is 0 Å². The summed E-state index contributed by atoms with van der Waals surface area (Å²) >= 11 is 1.80. The zero-order valence-corrected chi connectivity index (χ0v) is 29.9. The van der Waals surface area contributed by atoms with Crippen molar-refractivity contribution < 1.29 is 0 Å². The van der Waals surface area contributed by atoms with E-state index in [1.807, 2.05) is 30.5 Å². The predicted octanol–water partition coefficient (Wildman–Crippen LogP) is 12.0. The van der Waals surface area contributed by atoms with E-state index in [0.29, 0.717) is 17.5 Å². The van der Waals surface area contributed by atoms with Gasteiger partial charge in [-0.05, 0) is 70.8 Å². The molecule has 0 atom stereocenters. The number of aromatic nitrogens is 5. The van der Waals surface area contributed by atoms with Crippen molar-refractivity contribution in [2.75, 3.05) is 0 Å². The summed E-state index contributed by atoms with van der Waals surface area (Å²) < 4.78 is 4.77. The minimum atomic E-state index is -0.208. The maximum Gasteiger partial charge on any atom is 0.164 e. The van der Waals surface area contributed by atoms with Crippen molar-refractivity contribution in [3.63, 3.8) is 0 Å². The quantitative estimate of drug-likeness (QED) is 0.184. The van der Waals surface area contributed by atoms with Gasteiger partial charge in [-0.25, -0.2) is 19.9 Å². The second-order valence-corrected chi connectivity index (χ2v) is 15.4. The number of pyridine rings is 1. The van der Waals surface area contributed by atoms with E-state index >= 15 is 0 Å². The summed E-state index contributed by atoms with van der Waals surface area (Å²) in [5, 5.41) is 4.77. The van der Waals surface area contributed by atoms with E-state index in [4.69, 9.17) is 19.9 Å². The molecule has 1 aliphatic carbocycles. The van der Waals surface area contributed by atoms with Crippen molar-refractivity contribution in [2.24, 2.45) is 0 Å². The van der Waals surface area contributed by atoms with Crippen molar-refractivity contribution in [1.82, 2.24) is 24.5 Å². The number of fused-ring (bicyclic) bond motifs is 9. The van der Waals surface area contributed by atoms with Gasteiger partial charge in [-0.1, -0.05) is 111 Å². The molecule has 10 aromatic rings. The first-order valence-corrected chi connectivity index (χ1v) is 18.7. The highest BCUT2D eigenvalue weighted by Gasteiger charge is 2.36. The number of hydrogen-bond acceptors (Lipinski definition) is 5. The molecule has 0 unspecified atom stereocenters. The summed E-state index contributed by atoms with van der Waals surface area (Å²) in [5.41, 5.74) is 11.0. The number of para-hydroxylation sites is 1. The molecule has 6 heteroatoms. The Labute approximate surface area is 309 Å². The molecule has 0 radical (unpaired) electrons. The Hall–Kier alpha value is -6.50. The number of thiophene rings is 1. The number of benzene rings is 6. The van der Waals surface area contributed by atoms with Crippen LogP contribution in [0.25, 0.3) is 93.1 Å². The van der Waals surface area contributed by atoms with Gasteiger partial charge in [-0.15, -0.1) is 11.3 Å². The zero-order valence-electron chi connectivity index (χ0n) is 29.1. The zero-order chi connectivity index (χ0) is 35.3. The van der Waals surface area contributed by atoms with Gasteiger partial charge in [0, 0.05) is 64.9 Å². The fourth-order valence-corrected chi connectivity index (χ4v) is 9.51. The van der Waals surface area contributed by atoms with Crippen molar-refractivity contribution in [3.8, 4) is 51.0 Å². The number of nitrogens with zero attached hydrogens (tertiary/aromatic N) is 5. The lowest BCUT2D eigenvalue weighted by atomic mass is 9.82. The van der Waals surface area contributed by atoms with Gasteiger partial charge in [0.25, 0.3) is 0 Å². The molecule has 5 nitrogen and oxygen atoms in total. The van der Waals surface area contributed by atoms with E-state index in [-0.39, 0.29) is 5.41 Å². The third-order valence-corrected chi connectivity index (χ3v) is 12.1. The molecule has 53 heavy (non-hydrogen) atoms. The SMILES string of the molecule is CC1(C)c2ccc(-c3nc(-c4ccccc4)nc(-c4cccc5sc6ccccc6c45)n3)cc2-c2ccc(-n3c4ccccc4c4cccnc43)cc21. The summed E-state index contributed by atoms with van der Waals surface area (Å²) in [5.74, 6) is 1.99. The molecule has 0 aliphatic heterocycles. The van der Waals surface area contributed by atoms with Crippen LogP contribution < -0.4 is 0 Å². The summed E-state index contributed by atoms with van der Waals surface area (Å²) in [6.45, 7) is 4.65. The fraction of sp³-hybridized carbons (Fsp3) is 0.0638. The van der Waals surface area contributed by atoms with Crippen LogP contribution in [0.1, 0.15) is 25.0 Å². The Kier molecular flexibility index (Phi) is 6.40. The Bertz CT molecular complexity index is 3050. The molecule has 0 saturated carbocycles. The molecule has 0 N–H and O–H groups in total. The van der Waals surface area contributed by atoms with Gasteiger partial charge in [-0.2, -0.15) is 0 Å². The molecule has 0 saturated heterocycles. The molecule has 1 aliphatic rings. The summed E-state index contributed by atoms with van der Waals surface area (Å²) in [4.78, 5) is 20.3. The Morgan fingerprint density at radius 2 is 1.25 bits per heavy atom. The van der Waals surface area contributed by atoms with Crippen LogP contribution in [-0.2, 0) is 5.41 Å². The van der Waals surface area contributed by atoms with Gasteiger partial charge >= 0.3 is 0 Å². The van der Waals surface area contributed by atoms with Gasteiger partial charge in [0.05, 0.1) is 5.52 Å². The minimum Gasteiger partial charge on any atom is -0.294 e. The van der Waals surface area contributed by atoms with Crippen LogP contribution in [0.3, 0.4) is 0 Å². The number of hydrogen-bond donors (Lipinski definition) is 0. The molecule has 0 bridgehead atoms. The molecule has 0 amide bonds. The maximum atomic E-state index is 5.23. The van der Waals surface area contributed by atoms with E-state index in [1.165, 1.54) is 47.8 Å². The third kappa shape index (κ3) is 4.49. The Balaban J connectivity index is 1.09. The Morgan fingerprint density at radius 1 is 0.509 bits per heavy atom. The van der Waals surface area contributed by atoms with Crippen LogP contribution >= 0.6 is 11.3 Å². The van der Waals surface area contributed by atoms with Gasteiger partial charge in [0.15, 0.2) is 17.5 Å². The average Bonchev–Trinajstić information content (AvgIpc) is 3.83. The van der Waals surface area contributed by atoms with E-state index < -0.39 is 0 Å². The standard InChI is InChI=1S/C47H31N5S/c1-47(2)37-24-21-29(26-36(37)31-23-22-30(27-38(31)47)52-39-18-8-6-14-32(39)33-17-11-25-48-46(33)52)44-49-43(28-12-4-3-5-13-28)50-45(51-44)35-16-10-20-41-42(35)34-15-7-9-19-40(34)53-41/h3-27H,1-2H3. The molecule has 0 fully saturated rings. The smallest absolute Gasteiger partial charge is 0.164 e. The van der Waals surface area contributed by atoms with Crippen molar-refractivity contribution >= 4 is 53.4 Å². The van der Waals surface area contributed by atoms with Gasteiger partial charge in [-0.3, -0.25) is 4.57 Å². The van der Waals surface area contributed by atoms with Crippen molar-refractivity contribution in [3.05, 3.63) is 163 Å². The largest absolute Gasteiger partial charge is 0.294 e. The molecule has 0 spiro atoms. The lowest BCUT2D eigenvalue weighted by Crippen LogP contribution is -2.15. The molecular weight excluding hydrogens is 667 g/mol. The molecule has 6 aromatic carbocycles. The lowest BCUT2D eigenvalue weighted by molar-refractivity contribution is 0.660. The average molecular weight is 698 g/mol. The van der Waals surface area contributed by atoms with Gasteiger partial charge in [0.1, 0.15) is 5.65 Å². The lowest BCUT2D eigenvalue weighted by Gasteiger charge is -2.22. The topological polar surface area (TPSA) is 56.5 Å². The summed E-state index contributed by atoms with van der Waals surface area (Å²) in [6, 6.07) is 51.6. The van der Waals surface area contributed by atoms with Gasteiger partial charge < -0.3 is 0 Å². The molecule has 11 rings (SSSR count). The van der Waals surface area contributed by atoms with Crippen molar-refractivity contribution in [2.45, 2.75) is 19.3 Å². The van der Waals surface area contributed by atoms with E-state index in [1.54, 1.807) is 11.3 Å². The van der Waals surface area contributed by atoms with Crippen molar-refractivity contribution in [1.29, 1.82) is 0 Å². The molecular formula is C47H31N5S. The van der Waals surface area contributed by atoms with E-state index in [2.05, 4.69) is 140 Å². The minimum absolute atomic E-state index is 0.208. The maximum absolute atomic E-state index is 5.23. The second kappa shape index (κ2) is 11.2. The second-order valence-electron chi connectivity index (χ2n) is 14.3. The molecule has 4 heterocycles.